The Labute approximate surface area is 323 Å². The Morgan fingerprint density at radius 2 is 0.500 bits per heavy atom. The quantitative estimate of drug-likeness (QED) is 0.410. The molecule has 5 rings (SSSR count). The average molecular weight is 827 g/mol. The maximum atomic E-state index is 14.6. The average Bonchev–Trinajstić information content (AvgIpc) is 3.06. The molecule has 1 aromatic rings. The fraction of sp³-hybridized carbons (Fsp3) is 0.706. The smallest absolute Gasteiger partial charge is 0.331 e. The van der Waals surface area contributed by atoms with Crippen molar-refractivity contribution in [3.8, 4) is 0 Å². The number of carbonyl (C=O) groups excluding carboxylic acids is 4. The minimum absolute atomic E-state index is 0.00995. The van der Waals surface area contributed by atoms with Gasteiger partial charge in [-0.2, -0.15) is 0 Å². The van der Waals surface area contributed by atoms with Gasteiger partial charge in [0, 0.05) is 52.4 Å². The summed E-state index contributed by atoms with van der Waals surface area (Å²) in [7, 11) is -9.38. The lowest BCUT2D eigenvalue weighted by molar-refractivity contribution is 0.0549. The number of benzene rings is 1. The van der Waals surface area contributed by atoms with Crippen molar-refractivity contribution in [1.29, 1.82) is 0 Å². The molecule has 0 spiro atoms. The van der Waals surface area contributed by atoms with E-state index in [1.165, 1.54) is 12.1 Å². The van der Waals surface area contributed by atoms with Crippen LogP contribution in [0.5, 0.6) is 0 Å². The van der Waals surface area contributed by atoms with Gasteiger partial charge in [-0.25, -0.2) is 0 Å². The van der Waals surface area contributed by atoms with E-state index in [4.69, 9.17) is 35.4 Å². The summed E-state index contributed by atoms with van der Waals surface area (Å²) in [6.45, 7) is 19.7. The highest BCUT2D eigenvalue weighted by atomic mass is 28.4. The minimum Gasteiger partial charge on any atom is -0.393 e. The van der Waals surface area contributed by atoms with E-state index >= 15 is 0 Å². The van der Waals surface area contributed by atoms with E-state index in [0.717, 1.165) is 0 Å². The molecule has 0 saturated carbocycles. The third kappa shape index (κ3) is 11.4. The van der Waals surface area contributed by atoms with Crippen molar-refractivity contribution in [2.45, 2.75) is 52.4 Å². The molecule has 0 N–H and O–H groups in total. The van der Waals surface area contributed by atoms with Gasteiger partial charge in [0.05, 0.1) is 75.1 Å². The molecule has 1 aromatic carbocycles. The SMILES string of the molecule is C[Si]1(C)OCCN(C(=O)c2cc(C(=O)N3CCO[Si](C)(C)OCC3)c(C(=O)N3CCO[Si](C)(C)OCC3)cc2C(=O)N2CCO[Si](C)(C)OCC2)CCO1. The lowest BCUT2D eigenvalue weighted by Gasteiger charge is -2.34. The van der Waals surface area contributed by atoms with Gasteiger partial charge in [-0.1, -0.05) is 0 Å². The first kappa shape index (κ1) is 42.8. The molecule has 0 atom stereocenters. The Kier molecular flexibility index (Phi) is 14.1. The number of hydrogen-bond donors (Lipinski definition) is 0. The lowest BCUT2D eigenvalue weighted by Crippen LogP contribution is -2.48. The highest BCUT2D eigenvalue weighted by molar-refractivity contribution is 6.65. The van der Waals surface area contributed by atoms with Crippen LogP contribution in [0.2, 0.25) is 52.4 Å². The predicted octanol–water partition coefficient (Wildman–Crippen LogP) is 2.45. The van der Waals surface area contributed by atoms with E-state index in [0.29, 0.717) is 0 Å². The van der Waals surface area contributed by atoms with Crippen molar-refractivity contribution in [3.05, 3.63) is 34.4 Å². The molecule has 0 bridgehead atoms. The molecule has 4 saturated heterocycles. The fourth-order valence-corrected chi connectivity index (χ4v) is 11.6. The second-order valence-electron chi connectivity index (χ2n) is 15.5. The van der Waals surface area contributed by atoms with Gasteiger partial charge in [-0.05, 0) is 64.5 Å². The van der Waals surface area contributed by atoms with E-state index in [2.05, 4.69) is 0 Å². The lowest BCUT2D eigenvalue weighted by atomic mass is 9.94. The van der Waals surface area contributed by atoms with Crippen molar-refractivity contribution in [2.24, 2.45) is 0 Å². The van der Waals surface area contributed by atoms with Crippen molar-refractivity contribution >= 4 is 57.9 Å². The van der Waals surface area contributed by atoms with Crippen LogP contribution < -0.4 is 0 Å². The van der Waals surface area contributed by atoms with E-state index in [1.54, 1.807) is 19.6 Å². The fourth-order valence-electron chi connectivity index (χ4n) is 6.63. The van der Waals surface area contributed by atoms with Crippen molar-refractivity contribution in [1.82, 2.24) is 19.6 Å². The molecule has 0 aromatic heterocycles. The highest BCUT2D eigenvalue weighted by Gasteiger charge is 2.37. The summed E-state index contributed by atoms with van der Waals surface area (Å²) in [5.41, 5.74) is 0.0398. The van der Waals surface area contributed by atoms with E-state index < -0.39 is 57.9 Å². The molecular formula is C34H58N4O12Si4. The number of amides is 4. The molecule has 4 amide bonds. The molecule has 0 aliphatic carbocycles. The number of carbonyl (C=O) groups is 4. The Morgan fingerprint density at radius 1 is 0.352 bits per heavy atom. The van der Waals surface area contributed by atoms with Crippen LogP contribution in [0.15, 0.2) is 12.1 Å². The van der Waals surface area contributed by atoms with Gasteiger partial charge in [0.25, 0.3) is 23.6 Å². The van der Waals surface area contributed by atoms with Crippen molar-refractivity contribution in [2.75, 3.05) is 105 Å². The molecule has 20 heteroatoms. The molecule has 302 valence electrons. The van der Waals surface area contributed by atoms with E-state index in [9.17, 15) is 19.2 Å². The van der Waals surface area contributed by atoms with Crippen LogP contribution in [0.25, 0.3) is 0 Å². The van der Waals surface area contributed by atoms with Crippen LogP contribution in [0, 0.1) is 0 Å². The van der Waals surface area contributed by atoms with Gasteiger partial charge < -0.3 is 55.0 Å². The number of nitrogens with zero attached hydrogens (tertiary/aromatic N) is 4. The minimum atomic E-state index is -2.34. The monoisotopic (exact) mass is 826 g/mol. The Morgan fingerprint density at radius 3 is 0.648 bits per heavy atom. The molecule has 0 unspecified atom stereocenters. The van der Waals surface area contributed by atoms with Gasteiger partial charge in [0.1, 0.15) is 0 Å². The molecular weight excluding hydrogens is 769 g/mol. The zero-order valence-corrected chi connectivity index (χ0v) is 37.2. The zero-order valence-electron chi connectivity index (χ0n) is 33.2. The largest absolute Gasteiger partial charge is 0.393 e. The molecule has 4 aliphatic heterocycles. The molecule has 16 nitrogen and oxygen atoms in total. The predicted molar refractivity (Wildman–Crippen MR) is 208 cm³/mol. The second kappa shape index (κ2) is 17.8. The first-order valence-electron chi connectivity index (χ1n) is 18.8. The topological polar surface area (TPSA) is 155 Å². The van der Waals surface area contributed by atoms with Crippen molar-refractivity contribution in [3.63, 3.8) is 0 Å². The summed E-state index contributed by atoms with van der Waals surface area (Å²) in [5.74, 6) is -1.89. The van der Waals surface area contributed by atoms with Gasteiger partial charge in [0.15, 0.2) is 0 Å². The maximum absolute atomic E-state index is 14.6. The molecule has 4 heterocycles. The molecule has 54 heavy (non-hydrogen) atoms. The first-order valence-corrected chi connectivity index (χ1v) is 30.1. The Balaban J connectivity index is 1.59. The summed E-state index contributed by atoms with van der Waals surface area (Å²) in [6, 6.07) is 2.84. The van der Waals surface area contributed by atoms with Crippen LogP contribution in [0.1, 0.15) is 41.4 Å². The van der Waals surface area contributed by atoms with Crippen LogP contribution in [-0.4, -0.2) is 183 Å². The van der Waals surface area contributed by atoms with Crippen LogP contribution in [-0.2, 0) is 35.4 Å². The van der Waals surface area contributed by atoms with Crippen LogP contribution in [0.4, 0.5) is 0 Å². The summed E-state index contributed by atoms with van der Waals surface area (Å²) < 4.78 is 48.0. The maximum Gasteiger partial charge on any atom is 0.331 e. The van der Waals surface area contributed by atoms with Crippen LogP contribution in [0.3, 0.4) is 0 Å². The number of hydrogen-bond acceptors (Lipinski definition) is 12. The third-order valence-corrected chi connectivity index (χ3v) is 16.9. The van der Waals surface area contributed by atoms with Gasteiger partial charge in [0.2, 0.25) is 0 Å². The Hall–Kier alpha value is -2.35. The summed E-state index contributed by atoms with van der Waals surface area (Å²) in [5, 5.41) is 0. The molecule has 0 radical (unpaired) electrons. The van der Waals surface area contributed by atoms with Gasteiger partial charge >= 0.3 is 34.2 Å². The van der Waals surface area contributed by atoms with Crippen LogP contribution >= 0.6 is 0 Å². The first-order chi connectivity index (χ1) is 25.4. The van der Waals surface area contributed by atoms with E-state index in [-0.39, 0.29) is 127 Å². The molecule has 4 aliphatic rings. The summed E-state index contributed by atoms with van der Waals surface area (Å²) in [4.78, 5) is 64.8. The standard InChI is InChI=1S/C34H58N4O12Si4/c1-51(2)43-17-9-35(10-18-44-51)31(39)27-25-29(33(41)37-13-21-47-53(5,6)48-22-14-37)30(34(42)38-15-23-49-54(7,8)50-24-16-38)26-28(27)32(40)36-11-19-45-52(3,4)46-20-12-36/h25-26H,9-24H2,1-8H3. The van der Waals surface area contributed by atoms with Gasteiger partial charge in [-0.15, -0.1) is 0 Å². The Bertz CT molecular complexity index is 1280. The van der Waals surface area contributed by atoms with Crippen molar-refractivity contribution < 1.29 is 54.6 Å². The normalized spacial score (nSPS) is 24.0. The highest BCUT2D eigenvalue weighted by Crippen LogP contribution is 2.26. The summed E-state index contributed by atoms with van der Waals surface area (Å²) >= 11 is 0. The second-order valence-corrected chi connectivity index (χ2v) is 29.0. The van der Waals surface area contributed by atoms with E-state index in [1.807, 2.05) is 52.4 Å². The molecule has 4 fully saturated rings. The summed E-state index contributed by atoms with van der Waals surface area (Å²) in [6.07, 6.45) is 0. The zero-order chi connectivity index (χ0) is 39.3. The van der Waals surface area contributed by atoms with Gasteiger partial charge in [-0.3, -0.25) is 19.2 Å². The number of rotatable bonds is 4. The third-order valence-electron chi connectivity index (χ3n) is 9.72.